The summed E-state index contributed by atoms with van der Waals surface area (Å²) in [7, 11) is 0. The van der Waals surface area contributed by atoms with Crippen molar-refractivity contribution >= 4 is 22.7 Å². The van der Waals surface area contributed by atoms with E-state index in [2.05, 4.69) is 9.97 Å². The third-order valence-corrected chi connectivity index (χ3v) is 1.52. The Balaban J connectivity index is 0.000000396. The summed E-state index contributed by atoms with van der Waals surface area (Å²) in [5, 5.41) is 0. The second kappa shape index (κ2) is 3.80. The van der Waals surface area contributed by atoms with E-state index in [9.17, 15) is 0 Å². The van der Waals surface area contributed by atoms with Gasteiger partial charge >= 0.3 is 0 Å². The monoisotopic (exact) mass is 178 g/mol. The first-order valence-electron chi connectivity index (χ1n) is 4.26. The number of nitrogens with one attached hydrogen (secondary N) is 1. The number of benzene rings is 1. The summed E-state index contributed by atoms with van der Waals surface area (Å²) in [6, 6.07) is 5.43. The van der Waals surface area contributed by atoms with Gasteiger partial charge in [0.2, 0.25) is 0 Å². The van der Waals surface area contributed by atoms with Crippen LogP contribution in [0.4, 0.5) is 11.6 Å². The van der Waals surface area contributed by atoms with Crippen molar-refractivity contribution in [2.24, 2.45) is 0 Å². The van der Waals surface area contributed by atoms with Crippen LogP contribution in [-0.2, 0) is 0 Å². The maximum Gasteiger partial charge on any atom is 0.198 e. The quantitative estimate of drug-likeness (QED) is 0.537. The summed E-state index contributed by atoms with van der Waals surface area (Å²) in [5.41, 5.74) is 13.4. The highest BCUT2D eigenvalue weighted by molar-refractivity contribution is 5.80. The molecule has 0 saturated carbocycles. The van der Waals surface area contributed by atoms with Gasteiger partial charge in [0.25, 0.3) is 0 Å². The molecule has 0 aliphatic heterocycles. The number of H-pyrrole nitrogens is 1. The number of nitrogen functional groups attached to an aromatic ring is 2. The average molecular weight is 178 g/mol. The van der Waals surface area contributed by atoms with Crippen LogP contribution in [0.1, 0.15) is 13.8 Å². The van der Waals surface area contributed by atoms with E-state index in [1.54, 1.807) is 12.1 Å². The molecule has 0 aliphatic rings. The van der Waals surface area contributed by atoms with Crippen molar-refractivity contribution in [3.8, 4) is 0 Å². The van der Waals surface area contributed by atoms with Gasteiger partial charge in [0.15, 0.2) is 5.95 Å². The Morgan fingerprint density at radius 2 is 1.92 bits per heavy atom. The van der Waals surface area contributed by atoms with Crippen LogP contribution in [0, 0.1) is 0 Å². The molecule has 1 aromatic carbocycles. The number of hydrogen-bond acceptors (Lipinski definition) is 3. The Morgan fingerprint density at radius 3 is 2.62 bits per heavy atom. The molecule has 2 aromatic rings. The number of aromatic amines is 1. The zero-order valence-electron chi connectivity index (χ0n) is 7.83. The van der Waals surface area contributed by atoms with Crippen LogP contribution in [0.15, 0.2) is 18.2 Å². The number of rotatable bonds is 0. The van der Waals surface area contributed by atoms with E-state index in [0.29, 0.717) is 11.6 Å². The van der Waals surface area contributed by atoms with Gasteiger partial charge in [-0.25, -0.2) is 4.98 Å². The van der Waals surface area contributed by atoms with Crippen LogP contribution in [0.2, 0.25) is 0 Å². The number of nitrogens with zero attached hydrogens (tertiary/aromatic N) is 1. The summed E-state index contributed by atoms with van der Waals surface area (Å²) >= 11 is 0. The zero-order chi connectivity index (χ0) is 9.84. The molecule has 4 nitrogen and oxygen atoms in total. The number of fused-ring (bicyclic) bond motifs is 1. The fraction of sp³-hybridized carbons (Fsp3) is 0.222. The van der Waals surface area contributed by atoms with Crippen molar-refractivity contribution in [1.82, 2.24) is 9.97 Å². The van der Waals surface area contributed by atoms with Crippen LogP contribution in [0.25, 0.3) is 11.0 Å². The van der Waals surface area contributed by atoms with Crippen LogP contribution in [-0.4, -0.2) is 9.97 Å². The molecular weight excluding hydrogens is 164 g/mol. The predicted molar refractivity (Wildman–Crippen MR) is 56.3 cm³/mol. The lowest BCUT2D eigenvalue weighted by Gasteiger charge is -1.89. The van der Waals surface area contributed by atoms with Crippen molar-refractivity contribution in [2.75, 3.05) is 11.5 Å². The standard InChI is InChI=1S/C7H8N4.C2H6/c8-4-1-2-5-6(3-4)11-7(9)10-5;1-2/h1-3H,8H2,(H3,9,10,11);1-2H3. The van der Waals surface area contributed by atoms with Crippen LogP contribution < -0.4 is 11.5 Å². The van der Waals surface area contributed by atoms with Gasteiger partial charge in [0.05, 0.1) is 11.0 Å². The minimum absolute atomic E-state index is 0.422. The van der Waals surface area contributed by atoms with Gasteiger partial charge in [0.1, 0.15) is 0 Å². The number of imidazole rings is 1. The van der Waals surface area contributed by atoms with E-state index in [-0.39, 0.29) is 0 Å². The number of aromatic nitrogens is 2. The molecule has 0 aliphatic carbocycles. The second-order valence-corrected chi connectivity index (χ2v) is 2.40. The highest BCUT2D eigenvalue weighted by Crippen LogP contribution is 2.14. The fourth-order valence-corrected chi connectivity index (χ4v) is 1.05. The van der Waals surface area contributed by atoms with E-state index in [1.807, 2.05) is 19.9 Å². The zero-order valence-corrected chi connectivity index (χ0v) is 7.83. The van der Waals surface area contributed by atoms with Gasteiger partial charge in [-0.2, -0.15) is 0 Å². The third kappa shape index (κ3) is 1.90. The Bertz CT molecular complexity index is 391. The van der Waals surface area contributed by atoms with Gasteiger partial charge in [-0.15, -0.1) is 0 Å². The molecule has 0 atom stereocenters. The van der Waals surface area contributed by atoms with Crippen molar-refractivity contribution in [3.63, 3.8) is 0 Å². The van der Waals surface area contributed by atoms with Gasteiger partial charge in [-0.1, -0.05) is 13.8 Å². The maximum absolute atomic E-state index is 5.54. The fourth-order valence-electron chi connectivity index (χ4n) is 1.05. The Hall–Kier alpha value is -1.71. The molecule has 0 spiro atoms. The smallest absolute Gasteiger partial charge is 0.198 e. The molecule has 0 amide bonds. The number of hydrogen-bond donors (Lipinski definition) is 3. The molecule has 0 unspecified atom stereocenters. The van der Waals surface area contributed by atoms with E-state index in [4.69, 9.17) is 11.5 Å². The minimum Gasteiger partial charge on any atom is -0.399 e. The van der Waals surface area contributed by atoms with Crippen molar-refractivity contribution < 1.29 is 0 Å². The molecule has 0 saturated heterocycles. The first-order valence-corrected chi connectivity index (χ1v) is 4.26. The molecule has 2 rings (SSSR count). The summed E-state index contributed by atoms with van der Waals surface area (Å²) in [4.78, 5) is 6.91. The summed E-state index contributed by atoms with van der Waals surface area (Å²) in [5.74, 6) is 0.422. The van der Waals surface area contributed by atoms with E-state index in [0.717, 1.165) is 11.0 Å². The molecule has 5 N–H and O–H groups in total. The lowest BCUT2D eigenvalue weighted by Crippen LogP contribution is -1.84. The molecule has 0 radical (unpaired) electrons. The first-order chi connectivity index (χ1) is 6.25. The van der Waals surface area contributed by atoms with Gasteiger partial charge < -0.3 is 16.5 Å². The lowest BCUT2D eigenvalue weighted by molar-refractivity contribution is 1.35. The van der Waals surface area contributed by atoms with Gasteiger partial charge in [-0.05, 0) is 18.2 Å². The van der Waals surface area contributed by atoms with Crippen molar-refractivity contribution in [3.05, 3.63) is 18.2 Å². The van der Waals surface area contributed by atoms with Crippen LogP contribution in [0.5, 0.6) is 0 Å². The largest absolute Gasteiger partial charge is 0.399 e. The summed E-state index contributed by atoms with van der Waals surface area (Å²) in [6.45, 7) is 4.00. The summed E-state index contributed by atoms with van der Waals surface area (Å²) in [6.07, 6.45) is 0. The SMILES string of the molecule is CC.Nc1ccc2nc(N)[nH]c2c1. The average Bonchev–Trinajstić information content (AvgIpc) is 2.48. The van der Waals surface area contributed by atoms with Crippen molar-refractivity contribution in [2.45, 2.75) is 13.8 Å². The molecule has 1 heterocycles. The Labute approximate surface area is 77.0 Å². The number of anilines is 2. The molecule has 0 bridgehead atoms. The normalized spacial score (nSPS) is 9.38. The summed E-state index contributed by atoms with van der Waals surface area (Å²) < 4.78 is 0. The maximum atomic E-state index is 5.54. The second-order valence-electron chi connectivity index (χ2n) is 2.40. The molecule has 1 aromatic heterocycles. The van der Waals surface area contributed by atoms with Crippen LogP contribution >= 0.6 is 0 Å². The Morgan fingerprint density at radius 1 is 1.23 bits per heavy atom. The predicted octanol–water partition coefficient (Wildman–Crippen LogP) is 1.75. The highest BCUT2D eigenvalue weighted by Gasteiger charge is 1.97. The number of nitrogens with two attached hydrogens (primary N) is 2. The molecule has 13 heavy (non-hydrogen) atoms. The lowest BCUT2D eigenvalue weighted by atomic mass is 10.3. The van der Waals surface area contributed by atoms with Gasteiger partial charge in [0, 0.05) is 5.69 Å². The minimum atomic E-state index is 0.422. The third-order valence-electron chi connectivity index (χ3n) is 1.52. The molecule has 70 valence electrons. The topological polar surface area (TPSA) is 80.7 Å². The van der Waals surface area contributed by atoms with E-state index < -0.39 is 0 Å². The van der Waals surface area contributed by atoms with Crippen molar-refractivity contribution in [1.29, 1.82) is 0 Å². The first kappa shape index (κ1) is 9.38. The molecule has 4 heteroatoms. The van der Waals surface area contributed by atoms with E-state index >= 15 is 0 Å². The molecular formula is C9H14N4. The molecule has 0 fully saturated rings. The Kier molecular flexibility index (Phi) is 2.74. The van der Waals surface area contributed by atoms with Crippen LogP contribution in [0.3, 0.4) is 0 Å². The van der Waals surface area contributed by atoms with E-state index in [1.165, 1.54) is 0 Å². The highest BCUT2D eigenvalue weighted by atomic mass is 15.0. The van der Waals surface area contributed by atoms with Gasteiger partial charge in [-0.3, -0.25) is 0 Å².